The number of nitrogens with zero attached hydrogens (tertiary/aromatic N) is 1. The molecule has 0 aliphatic rings. The molecule has 2 N–H and O–H groups in total. The second-order valence-electron chi connectivity index (χ2n) is 6.96. The number of rotatable bonds is 5. The molecule has 0 atom stereocenters. The monoisotopic (exact) mass is 435 g/mol. The van der Waals surface area contributed by atoms with Gasteiger partial charge in [-0.1, -0.05) is 36.4 Å². The minimum Gasteiger partial charge on any atom is -0.335 e. The number of aromatic nitrogens is 2. The highest BCUT2D eigenvalue weighted by Crippen LogP contribution is 2.29. The van der Waals surface area contributed by atoms with E-state index in [0.29, 0.717) is 16.8 Å². The van der Waals surface area contributed by atoms with Crippen LogP contribution in [-0.4, -0.2) is 21.7 Å². The number of anilines is 1. The summed E-state index contributed by atoms with van der Waals surface area (Å²) in [6.45, 7) is 0. The fourth-order valence-electron chi connectivity index (χ4n) is 3.08. The lowest BCUT2D eigenvalue weighted by molar-refractivity contribution is -0.137. The van der Waals surface area contributed by atoms with Crippen LogP contribution in [0, 0.1) is 0 Å². The van der Waals surface area contributed by atoms with Crippen LogP contribution in [0.25, 0.3) is 17.1 Å². The van der Waals surface area contributed by atoms with Gasteiger partial charge in [0.2, 0.25) is 5.78 Å². The van der Waals surface area contributed by atoms with Crippen LogP contribution in [0.15, 0.2) is 78.9 Å². The predicted molar refractivity (Wildman–Crippen MR) is 115 cm³/mol. The fourth-order valence-corrected chi connectivity index (χ4v) is 3.08. The van der Waals surface area contributed by atoms with Gasteiger partial charge in [0.15, 0.2) is 5.82 Å². The number of fused-ring (bicyclic) bond motifs is 1. The summed E-state index contributed by atoms with van der Waals surface area (Å²) in [6.07, 6.45) is -1.62. The first-order valence-corrected chi connectivity index (χ1v) is 9.55. The molecule has 0 saturated heterocycles. The van der Waals surface area contributed by atoms with Gasteiger partial charge in [-0.25, -0.2) is 4.98 Å². The molecule has 160 valence electrons. The Kier molecular flexibility index (Phi) is 5.59. The van der Waals surface area contributed by atoms with E-state index in [1.54, 1.807) is 36.4 Å². The van der Waals surface area contributed by atoms with Gasteiger partial charge in [0.25, 0.3) is 5.91 Å². The third-order valence-electron chi connectivity index (χ3n) is 4.65. The third kappa shape index (κ3) is 4.75. The Morgan fingerprint density at radius 2 is 1.72 bits per heavy atom. The van der Waals surface area contributed by atoms with Crippen LogP contribution in [0.4, 0.5) is 18.9 Å². The number of imidazole rings is 1. The Morgan fingerprint density at radius 1 is 0.938 bits per heavy atom. The number of hydrogen-bond acceptors (Lipinski definition) is 3. The maximum Gasteiger partial charge on any atom is 0.416 e. The van der Waals surface area contributed by atoms with Gasteiger partial charge in [-0.3, -0.25) is 9.59 Å². The summed E-state index contributed by atoms with van der Waals surface area (Å²) >= 11 is 0. The first kappa shape index (κ1) is 21.0. The molecular formula is C24H16F3N3O2. The molecule has 0 bridgehead atoms. The van der Waals surface area contributed by atoms with Gasteiger partial charge in [0.1, 0.15) is 0 Å². The third-order valence-corrected chi connectivity index (χ3v) is 4.65. The summed E-state index contributed by atoms with van der Waals surface area (Å²) in [7, 11) is 0. The highest BCUT2D eigenvalue weighted by Gasteiger charge is 2.30. The molecule has 0 radical (unpaired) electrons. The van der Waals surface area contributed by atoms with Crippen molar-refractivity contribution in [2.75, 3.05) is 5.32 Å². The number of alkyl halides is 3. The van der Waals surface area contributed by atoms with Crippen LogP contribution in [0.2, 0.25) is 0 Å². The van der Waals surface area contributed by atoms with E-state index in [4.69, 9.17) is 0 Å². The van der Waals surface area contributed by atoms with Crippen molar-refractivity contribution in [3.8, 4) is 0 Å². The summed E-state index contributed by atoms with van der Waals surface area (Å²) < 4.78 is 38.6. The standard InChI is InChI=1S/C24H16F3N3O2/c25-24(26,27)17-7-4-6-16(14-17)23(32)28-18-8-3-5-15(13-18)11-12-21(31)22-29-19-9-1-2-10-20(19)30-22/h1-14H,(H,28,32)(H,29,30)/b12-11+. The SMILES string of the molecule is O=C(Nc1cccc(/C=C/C(=O)c2nc3ccccc3[nH]2)c1)c1cccc(C(F)(F)F)c1. The average Bonchev–Trinajstić information content (AvgIpc) is 3.22. The van der Waals surface area contributed by atoms with Gasteiger partial charge >= 0.3 is 6.18 Å². The molecule has 0 unspecified atom stereocenters. The lowest BCUT2D eigenvalue weighted by Crippen LogP contribution is -2.14. The molecule has 0 spiro atoms. The number of hydrogen-bond donors (Lipinski definition) is 2. The molecule has 5 nitrogen and oxygen atoms in total. The Morgan fingerprint density at radius 3 is 2.50 bits per heavy atom. The molecule has 4 rings (SSSR count). The van der Waals surface area contributed by atoms with Crippen molar-refractivity contribution in [3.63, 3.8) is 0 Å². The number of carbonyl (C=O) groups is 2. The summed E-state index contributed by atoms with van der Waals surface area (Å²) in [5.74, 6) is -0.786. The molecule has 3 aromatic carbocycles. The van der Waals surface area contributed by atoms with E-state index in [-0.39, 0.29) is 17.2 Å². The Hall–Kier alpha value is -4.20. The number of halogens is 3. The zero-order valence-corrected chi connectivity index (χ0v) is 16.5. The second kappa shape index (κ2) is 8.50. The number of nitrogens with one attached hydrogen (secondary N) is 2. The zero-order valence-electron chi connectivity index (χ0n) is 16.5. The first-order chi connectivity index (χ1) is 15.3. The van der Waals surface area contributed by atoms with Crippen LogP contribution >= 0.6 is 0 Å². The quantitative estimate of drug-likeness (QED) is 0.311. The molecule has 1 amide bonds. The number of para-hydroxylation sites is 2. The van der Waals surface area contributed by atoms with E-state index in [1.165, 1.54) is 18.2 Å². The molecule has 8 heteroatoms. The van der Waals surface area contributed by atoms with Crippen molar-refractivity contribution < 1.29 is 22.8 Å². The fraction of sp³-hybridized carbons (Fsp3) is 0.0417. The Labute approximate surface area is 180 Å². The zero-order chi connectivity index (χ0) is 22.7. The normalized spacial score (nSPS) is 11.7. The number of amides is 1. The molecule has 0 aliphatic heterocycles. The minimum atomic E-state index is -4.53. The van der Waals surface area contributed by atoms with Crippen molar-refractivity contribution in [1.29, 1.82) is 0 Å². The molecule has 0 aliphatic carbocycles. The smallest absolute Gasteiger partial charge is 0.335 e. The van der Waals surface area contributed by atoms with E-state index >= 15 is 0 Å². The van der Waals surface area contributed by atoms with Gasteiger partial charge in [-0.2, -0.15) is 13.2 Å². The number of allylic oxidation sites excluding steroid dienone is 1. The summed E-state index contributed by atoms with van der Waals surface area (Å²) in [6, 6.07) is 18.1. The summed E-state index contributed by atoms with van der Waals surface area (Å²) in [4.78, 5) is 32.0. The topological polar surface area (TPSA) is 74.8 Å². The molecule has 0 fully saturated rings. The molecular weight excluding hydrogens is 419 g/mol. The Balaban J connectivity index is 1.47. The molecule has 0 saturated carbocycles. The van der Waals surface area contributed by atoms with E-state index < -0.39 is 17.6 Å². The van der Waals surface area contributed by atoms with Crippen molar-refractivity contribution in [2.45, 2.75) is 6.18 Å². The first-order valence-electron chi connectivity index (χ1n) is 9.55. The number of ketones is 1. The lowest BCUT2D eigenvalue weighted by atomic mass is 10.1. The number of carbonyl (C=O) groups excluding carboxylic acids is 2. The number of aromatic amines is 1. The van der Waals surface area contributed by atoms with Gasteiger partial charge < -0.3 is 10.3 Å². The lowest BCUT2D eigenvalue weighted by Gasteiger charge is -2.09. The van der Waals surface area contributed by atoms with E-state index in [1.807, 2.05) is 18.2 Å². The van der Waals surface area contributed by atoms with Crippen molar-refractivity contribution >= 4 is 34.5 Å². The van der Waals surface area contributed by atoms with E-state index in [9.17, 15) is 22.8 Å². The molecule has 1 aromatic heterocycles. The van der Waals surface area contributed by atoms with Gasteiger partial charge in [-0.05, 0) is 54.1 Å². The summed E-state index contributed by atoms with van der Waals surface area (Å²) in [5.41, 5.74) is 1.43. The van der Waals surface area contributed by atoms with Crippen LogP contribution < -0.4 is 5.32 Å². The van der Waals surface area contributed by atoms with Crippen LogP contribution in [-0.2, 0) is 6.18 Å². The number of benzene rings is 3. The number of H-pyrrole nitrogens is 1. The maximum atomic E-state index is 12.9. The van der Waals surface area contributed by atoms with Crippen LogP contribution in [0.5, 0.6) is 0 Å². The highest BCUT2D eigenvalue weighted by molar-refractivity contribution is 6.06. The molecule has 4 aromatic rings. The largest absolute Gasteiger partial charge is 0.416 e. The maximum absolute atomic E-state index is 12.9. The second-order valence-corrected chi connectivity index (χ2v) is 6.96. The van der Waals surface area contributed by atoms with E-state index in [2.05, 4.69) is 15.3 Å². The van der Waals surface area contributed by atoms with Crippen molar-refractivity contribution in [3.05, 3.63) is 101 Å². The van der Waals surface area contributed by atoms with Crippen molar-refractivity contribution in [2.24, 2.45) is 0 Å². The highest BCUT2D eigenvalue weighted by atomic mass is 19.4. The van der Waals surface area contributed by atoms with Gasteiger partial charge in [-0.15, -0.1) is 0 Å². The van der Waals surface area contributed by atoms with E-state index in [0.717, 1.165) is 17.6 Å². The van der Waals surface area contributed by atoms with Gasteiger partial charge in [0.05, 0.1) is 16.6 Å². The van der Waals surface area contributed by atoms with Crippen LogP contribution in [0.3, 0.4) is 0 Å². The average molecular weight is 435 g/mol. The molecule has 1 heterocycles. The van der Waals surface area contributed by atoms with Crippen molar-refractivity contribution in [1.82, 2.24) is 9.97 Å². The Bertz CT molecular complexity index is 1310. The van der Waals surface area contributed by atoms with Crippen LogP contribution in [0.1, 0.15) is 32.1 Å². The van der Waals surface area contributed by atoms with Gasteiger partial charge in [0, 0.05) is 11.3 Å². The summed E-state index contributed by atoms with van der Waals surface area (Å²) in [5, 5.41) is 2.57. The molecule has 32 heavy (non-hydrogen) atoms. The minimum absolute atomic E-state index is 0.110. The predicted octanol–water partition coefficient (Wildman–Crippen LogP) is 5.73.